The van der Waals surface area contributed by atoms with Crippen LogP contribution >= 0.6 is 0 Å². The van der Waals surface area contributed by atoms with Crippen molar-refractivity contribution in [2.75, 3.05) is 0 Å². The van der Waals surface area contributed by atoms with Crippen LogP contribution in [0.15, 0.2) is 18.2 Å². The first-order valence-electron chi connectivity index (χ1n) is 5.93. The van der Waals surface area contributed by atoms with Crippen LogP contribution in [0, 0.1) is 18.2 Å². The minimum Gasteiger partial charge on any atom is -0.300 e. The third-order valence-electron chi connectivity index (χ3n) is 2.67. The van der Waals surface area contributed by atoms with Crippen LogP contribution in [0.25, 0.3) is 0 Å². The van der Waals surface area contributed by atoms with E-state index in [4.69, 9.17) is 6.42 Å². The summed E-state index contributed by atoms with van der Waals surface area (Å²) in [7, 11) is 0. The quantitative estimate of drug-likeness (QED) is 0.636. The lowest BCUT2D eigenvalue weighted by atomic mass is 10.1. The van der Waals surface area contributed by atoms with Crippen molar-refractivity contribution in [3.8, 4) is 12.3 Å². The van der Waals surface area contributed by atoms with Gasteiger partial charge >= 0.3 is 6.18 Å². The third kappa shape index (κ3) is 4.56. The molecule has 0 aliphatic rings. The first-order valence-corrected chi connectivity index (χ1v) is 5.93. The van der Waals surface area contributed by atoms with Crippen LogP contribution in [0.2, 0.25) is 0 Å². The van der Waals surface area contributed by atoms with E-state index in [0.29, 0.717) is 5.56 Å². The molecule has 1 unspecified atom stereocenters. The summed E-state index contributed by atoms with van der Waals surface area (Å²) in [6.07, 6.45) is 2.22. The van der Waals surface area contributed by atoms with E-state index >= 15 is 0 Å². The van der Waals surface area contributed by atoms with Crippen LogP contribution in [-0.4, -0.2) is 6.04 Å². The summed E-state index contributed by atoms with van der Waals surface area (Å²) >= 11 is 0. The van der Waals surface area contributed by atoms with E-state index in [2.05, 4.69) is 11.2 Å². The molecule has 5 heteroatoms. The van der Waals surface area contributed by atoms with Gasteiger partial charge in [-0.15, -0.1) is 6.42 Å². The van der Waals surface area contributed by atoms with Crippen LogP contribution < -0.4 is 5.32 Å². The second-order valence-corrected chi connectivity index (χ2v) is 4.20. The Morgan fingerprint density at radius 1 is 1.37 bits per heavy atom. The molecular formula is C14H15F4N. The maximum atomic E-state index is 13.1. The minimum atomic E-state index is -4.69. The topological polar surface area (TPSA) is 12.0 Å². The molecule has 1 atom stereocenters. The molecular weight excluding hydrogens is 258 g/mol. The number of halogens is 4. The molecule has 0 aliphatic heterocycles. The Labute approximate surface area is 110 Å². The Kier molecular flexibility index (Phi) is 5.37. The van der Waals surface area contributed by atoms with Gasteiger partial charge in [-0.05, 0) is 24.1 Å². The zero-order valence-electron chi connectivity index (χ0n) is 10.5. The highest BCUT2D eigenvalue weighted by Crippen LogP contribution is 2.31. The standard InChI is InChI=1S/C14H15F4N/c1-3-5-11(4-2)19-9-10-6-7-13(15)12(8-10)14(16,17)18/h2,6-8,11,19H,3,5,9H2,1H3. The van der Waals surface area contributed by atoms with E-state index in [-0.39, 0.29) is 12.6 Å². The number of hydrogen-bond donors (Lipinski definition) is 1. The average molecular weight is 273 g/mol. The van der Waals surface area contributed by atoms with E-state index in [1.54, 1.807) is 0 Å². The molecule has 19 heavy (non-hydrogen) atoms. The monoisotopic (exact) mass is 273 g/mol. The highest BCUT2D eigenvalue weighted by molar-refractivity contribution is 5.27. The summed E-state index contributed by atoms with van der Waals surface area (Å²) in [5.41, 5.74) is -0.898. The average Bonchev–Trinajstić information content (AvgIpc) is 2.34. The lowest BCUT2D eigenvalue weighted by molar-refractivity contribution is -0.140. The SMILES string of the molecule is C#CC(CCC)NCc1ccc(F)c(C(F)(F)F)c1. The lowest BCUT2D eigenvalue weighted by Gasteiger charge is -2.14. The second-order valence-electron chi connectivity index (χ2n) is 4.20. The molecule has 0 saturated carbocycles. The van der Waals surface area contributed by atoms with E-state index in [1.807, 2.05) is 6.92 Å². The number of hydrogen-bond acceptors (Lipinski definition) is 1. The van der Waals surface area contributed by atoms with Gasteiger partial charge in [0.1, 0.15) is 5.82 Å². The molecule has 1 rings (SSSR count). The molecule has 0 fully saturated rings. The van der Waals surface area contributed by atoms with Gasteiger partial charge in [-0.2, -0.15) is 13.2 Å². The fourth-order valence-corrected chi connectivity index (χ4v) is 1.67. The van der Waals surface area contributed by atoms with Gasteiger partial charge in [0, 0.05) is 6.54 Å². The maximum absolute atomic E-state index is 13.1. The van der Waals surface area contributed by atoms with Gasteiger partial charge in [-0.1, -0.05) is 25.3 Å². The number of benzene rings is 1. The molecule has 0 heterocycles. The molecule has 0 saturated heterocycles. The molecule has 0 amide bonds. The fourth-order valence-electron chi connectivity index (χ4n) is 1.67. The van der Waals surface area contributed by atoms with Gasteiger partial charge in [0.25, 0.3) is 0 Å². The van der Waals surface area contributed by atoms with Gasteiger partial charge in [0.2, 0.25) is 0 Å². The van der Waals surface area contributed by atoms with Crippen LogP contribution in [0.5, 0.6) is 0 Å². The largest absolute Gasteiger partial charge is 0.419 e. The highest BCUT2D eigenvalue weighted by atomic mass is 19.4. The number of nitrogens with one attached hydrogen (secondary N) is 1. The minimum absolute atomic E-state index is 0.179. The number of terminal acetylenes is 1. The summed E-state index contributed by atoms with van der Waals surface area (Å²) in [6, 6.07) is 2.76. The number of alkyl halides is 3. The van der Waals surface area contributed by atoms with E-state index in [0.717, 1.165) is 25.0 Å². The summed E-state index contributed by atoms with van der Waals surface area (Å²) in [6.45, 7) is 2.14. The molecule has 0 spiro atoms. The Balaban J connectivity index is 2.78. The van der Waals surface area contributed by atoms with E-state index in [1.165, 1.54) is 6.07 Å². The van der Waals surface area contributed by atoms with Gasteiger partial charge in [0.05, 0.1) is 11.6 Å². The molecule has 0 bridgehead atoms. The molecule has 104 valence electrons. The second kappa shape index (κ2) is 6.58. The summed E-state index contributed by atoms with van der Waals surface area (Å²) < 4.78 is 50.6. The van der Waals surface area contributed by atoms with Crippen molar-refractivity contribution in [1.82, 2.24) is 5.32 Å². The van der Waals surface area contributed by atoms with Crippen molar-refractivity contribution in [1.29, 1.82) is 0 Å². The molecule has 0 aliphatic carbocycles. The highest BCUT2D eigenvalue weighted by Gasteiger charge is 2.34. The van der Waals surface area contributed by atoms with Gasteiger partial charge in [0.15, 0.2) is 0 Å². The van der Waals surface area contributed by atoms with Crippen LogP contribution in [0.4, 0.5) is 17.6 Å². The molecule has 1 aromatic carbocycles. The van der Waals surface area contributed by atoms with E-state index < -0.39 is 17.6 Å². The van der Waals surface area contributed by atoms with Crippen molar-refractivity contribution in [3.05, 3.63) is 35.1 Å². The van der Waals surface area contributed by atoms with Crippen LogP contribution in [-0.2, 0) is 12.7 Å². The van der Waals surface area contributed by atoms with Crippen LogP contribution in [0.3, 0.4) is 0 Å². The predicted molar refractivity (Wildman–Crippen MR) is 65.8 cm³/mol. The Morgan fingerprint density at radius 3 is 2.58 bits per heavy atom. The Bertz CT molecular complexity index is 459. The molecule has 1 nitrogen and oxygen atoms in total. The van der Waals surface area contributed by atoms with Gasteiger partial charge < -0.3 is 0 Å². The predicted octanol–water partition coefficient (Wildman–Crippen LogP) is 3.74. The molecule has 1 aromatic rings. The van der Waals surface area contributed by atoms with Gasteiger partial charge in [-0.3, -0.25) is 5.32 Å². The normalized spacial score (nSPS) is 13.1. The summed E-state index contributed by atoms with van der Waals surface area (Å²) in [4.78, 5) is 0. The van der Waals surface area contributed by atoms with Crippen molar-refractivity contribution < 1.29 is 17.6 Å². The smallest absolute Gasteiger partial charge is 0.300 e. The van der Waals surface area contributed by atoms with Gasteiger partial charge in [-0.25, -0.2) is 4.39 Å². The lowest BCUT2D eigenvalue weighted by Crippen LogP contribution is -2.27. The Morgan fingerprint density at radius 2 is 2.05 bits per heavy atom. The number of rotatable bonds is 5. The molecule has 0 aromatic heterocycles. The van der Waals surface area contributed by atoms with Crippen LogP contribution in [0.1, 0.15) is 30.9 Å². The van der Waals surface area contributed by atoms with E-state index in [9.17, 15) is 17.6 Å². The molecule has 1 N–H and O–H groups in total. The first-order chi connectivity index (χ1) is 8.88. The fraction of sp³-hybridized carbons (Fsp3) is 0.429. The van der Waals surface area contributed by atoms with Crippen molar-refractivity contribution >= 4 is 0 Å². The maximum Gasteiger partial charge on any atom is 0.419 e. The summed E-state index contributed by atoms with van der Waals surface area (Å²) in [5.74, 6) is 1.26. The molecule has 0 radical (unpaired) electrons. The zero-order chi connectivity index (χ0) is 14.5. The van der Waals surface area contributed by atoms with Crippen molar-refractivity contribution in [2.24, 2.45) is 0 Å². The van der Waals surface area contributed by atoms with Crippen molar-refractivity contribution in [3.63, 3.8) is 0 Å². The first kappa shape index (κ1) is 15.5. The Hall–Kier alpha value is -1.54. The zero-order valence-corrected chi connectivity index (χ0v) is 10.5. The third-order valence-corrected chi connectivity index (χ3v) is 2.67. The summed E-state index contributed by atoms with van der Waals surface area (Å²) in [5, 5.41) is 2.96. The van der Waals surface area contributed by atoms with Crippen molar-refractivity contribution in [2.45, 2.75) is 38.5 Å².